The van der Waals surface area contributed by atoms with E-state index in [9.17, 15) is 23.2 Å². The lowest BCUT2D eigenvalue weighted by Gasteiger charge is -2.30. The number of piperidine rings is 1. The quantitative estimate of drug-likeness (QED) is 0.432. The largest absolute Gasteiger partial charge is 0.573 e. The van der Waals surface area contributed by atoms with Gasteiger partial charge < -0.3 is 24.6 Å². The number of H-pyrrole nitrogens is 3. The van der Waals surface area contributed by atoms with E-state index in [-0.39, 0.29) is 28.6 Å². The first kappa shape index (κ1) is 21.1. The van der Waals surface area contributed by atoms with Crippen LogP contribution < -0.4 is 10.3 Å². The van der Waals surface area contributed by atoms with Gasteiger partial charge in [0, 0.05) is 23.3 Å². The van der Waals surface area contributed by atoms with Crippen LogP contribution in [0.5, 0.6) is 5.75 Å². The minimum absolute atomic E-state index is 0.00205. The highest BCUT2D eigenvalue weighted by molar-refractivity contribution is 5.97. The molecule has 1 aliphatic heterocycles. The molecular formula is C22H19F3N6O2. The van der Waals surface area contributed by atoms with Gasteiger partial charge in [-0.3, -0.25) is 4.79 Å². The monoisotopic (exact) mass is 456 g/mol. The number of nitrogens with zero attached hydrogens (tertiary/aromatic N) is 3. The number of aromatic nitrogens is 4. The molecule has 0 unspecified atom stereocenters. The Morgan fingerprint density at radius 3 is 2.67 bits per heavy atom. The number of nitrogens with one attached hydrogen (secondary N) is 3. The zero-order valence-electron chi connectivity index (χ0n) is 17.5. The summed E-state index contributed by atoms with van der Waals surface area (Å²) in [6.45, 7) is 1.54. The molecule has 1 fully saturated rings. The second-order valence-corrected chi connectivity index (χ2v) is 8.19. The van der Waals surface area contributed by atoms with Gasteiger partial charge in [0.1, 0.15) is 23.0 Å². The minimum Gasteiger partial charge on any atom is -0.403 e. The van der Waals surface area contributed by atoms with Gasteiger partial charge in [-0.1, -0.05) is 6.07 Å². The molecule has 5 rings (SSSR count). The van der Waals surface area contributed by atoms with E-state index in [0.29, 0.717) is 40.4 Å². The maximum absolute atomic E-state index is 13.4. The maximum Gasteiger partial charge on any atom is 0.573 e. The number of imidazole rings is 1. The second-order valence-electron chi connectivity index (χ2n) is 8.19. The normalized spacial score (nSPS) is 15.8. The van der Waals surface area contributed by atoms with Crippen LogP contribution in [-0.2, 0) is 0 Å². The summed E-state index contributed by atoms with van der Waals surface area (Å²) in [5.74, 6) is -0.364. The standard InChI is InChI=1S/C22H19F3N6O2/c1-31-6-4-11(5-7-31)13-2-3-15-18(19(13)33-22(23,24)25)30-20(29-15)16-17-14(10-28-21(16)32)12(8-26)9-27-17/h2-3,9-11,27H,4-7H2,1H3,(H,28,32)(H,29,30). The Labute approximate surface area is 185 Å². The topological polar surface area (TPSA) is 114 Å². The molecule has 0 aliphatic carbocycles. The first-order chi connectivity index (χ1) is 15.7. The van der Waals surface area contributed by atoms with Crippen molar-refractivity contribution in [1.82, 2.24) is 24.8 Å². The van der Waals surface area contributed by atoms with Crippen molar-refractivity contribution in [3.63, 3.8) is 0 Å². The Hall–Kier alpha value is -3.78. The molecule has 0 atom stereocenters. The number of alkyl halides is 3. The van der Waals surface area contributed by atoms with Crippen molar-refractivity contribution in [2.75, 3.05) is 20.1 Å². The van der Waals surface area contributed by atoms with E-state index < -0.39 is 11.9 Å². The van der Waals surface area contributed by atoms with Gasteiger partial charge in [0.15, 0.2) is 5.75 Å². The number of fused-ring (bicyclic) bond motifs is 2. The van der Waals surface area contributed by atoms with Crippen molar-refractivity contribution < 1.29 is 17.9 Å². The van der Waals surface area contributed by atoms with E-state index >= 15 is 0 Å². The fourth-order valence-corrected chi connectivity index (χ4v) is 4.48. The van der Waals surface area contributed by atoms with Gasteiger partial charge in [-0.25, -0.2) is 4.98 Å². The van der Waals surface area contributed by atoms with Crippen LogP contribution in [0.25, 0.3) is 33.3 Å². The highest BCUT2D eigenvalue weighted by atomic mass is 19.4. The average Bonchev–Trinajstić information content (AvgIpc) is 3.38. The van der Waals surface area contributed by atoms with E-state index in [0.717, 1.165) is 13.1 Å². The molecule has 1 saturated heterocycles. The van der Waals surface area contributed by atoms with Gasteiger partial charge in [0.05, 0.1) is 16.6 Å². The van der Waals surface area contributed by atoms with Gasteiger partial charge >= 0.3 is 6.36 Å². The van der Waals surface area contributed by atoms with Crippen LogP contribution in [-0.4, -0.2) is 51.3 Å². The van der Waals surface area contributed by atoms with Crippen LogP contribution in [0.4, 0.5) is 13.2 Å². The Bertz CT molecular complexity index is 1450. The Morgan fingerprint density at radius 2 is 1.97 bits per heavy atom. The first-order valence-corrected chi connectivity index (χ1v) is 10.4. The summed E-state index contributed by atoms with van der Waals surface area (Å²) in [4.78, 5) is 27.5. The van der Waals surface area contributed by atoms with E-state index in [4.69, 9.17) is 0 Å². The molecule has 1 aliphatic rings. The molecule has 8 nitrogen and oxygen atoms in total. The zero-order chi connectivity index (χ0) is 23.3. The molecule has 3 N–H and O–H groups in total. The van der Waals surface area contributed by atoms with Crippen molar-refractivity contribution in [2.45, 2.75) is 25.1 Å². The Balaban J connectivity index is 1.70. The number of aromatic amines is 3. The van der Waals surface area contributed by atoms with Crippen molar-refractivity contribution in [3.8, 4) is 23.2 Å². The number of nitriles is 1. The fraction of sp³-hybridized carbons (Fsp3) is 0.318. The Kier molecular flexibility index (Phi) is 4.90. The summed E-state index contributed by atoms with van der Waals surface area (Å²) < 4.78 is 44.6. The molecule has 0 bridgehead atoms. The summed E-state index contributed by atoms with van der Waals surface area (Å²) >= 11 is 0. The van der Waals surface area contributed by atoms with Crippen molar-refractivity contribution >= 4 is 21.9 Å². The van der Waals surface area contributed by atoms with Crippen LogP contribution in [0.1, 0.15) is 29.9 Å². The van der Waals surface area contributed by atoms with Gasteiger partial charge in [-0.2, -0.15) is 5.26 Å². The predicted octanol–water partition coefficient (Wildman–Crippen LogP) is 3.98. The fourth-order valence-electron chi connectivity index (χ4n) is 4.48. The smallest absolute Gasteiger partial charge is 0.403 e. The van der Waals surface area contributed by atoms with Gasteiger partial charge in [0.2, 0.25) is 0 Å². The average molecular weight is 456 g/mol. The van der Waals surface area contributed by atoms with Gasteiger partial charge in [0.25, 0.3) is 5.56 Å². The van der Waals surface area contributed by atoms with Gasteiger partial charge in [-0.05, 0) is 45.0 Å². The van der Waals surface area contributed by atoms with Crippen LogP contribution >= 0.6 is 0 Å². The molecule has 11 heteroatoms. The predicted molar refractivity (Wildman–Crippen MR) is 115 cm³/mol. The minimum atomic E-state index is -4.90. The zero-order valence-corrected chi connectivity index (χ0v) is 17.5. The number of hydrogen-bond acceptors (Lipinski definition) is 5. The third-order valence-electron chi connectivity index (χ3n) is 6.12. The number of pyridine rings is 1. The van der Waals surface area contributed by atoms with Crippen LogP contribution in [0.15, 0.2) is 29.3 Å². The van der Waals surface area contributed by atoms with E-state index in [1.807, 2.05) is 13.1 Å². The molecule has 1 aromatic carbocycles. The van der Waals surface area contributed by atoms with Crippen LogP contribution in [0.2, 0.25) is 0 Å². The van der Waals surface area contributed by atoms with E-state index in [1.54, 1.807) is 12.1 Å². The number of likely N-dealkylation sites (tertiary alicyclic amines) is 1. The van der Waals surface area contributed by atoms with E-state index in [1.165, 1.54) is 12.4 Å². The number of hydrogen-bond donors (Lipinski definition) is 3. The summed E-state index contributed by atoms with van der Waals surface area (Å²) in [5.41, 5.74) is 1.05. The van der Waals surface area contributed by atoms with E-state index in [2.05, 4.69) is 29.6 Å². The summed E-state index contributed by atoms with van der Waals surface area (Å²) in [7, 11) is 1.98. The molecule has 4 aromatic rings. The second kappa shape index (κ2) is 7.67. The van der Waals surface area contributed by atoms with Gasteiger partial charge in [-0.15, -0.1) is 13.2 Å². The summed E-state index contributed by atoms with van der Waals surface area (Å²) in [6, 6.07) is 5.32. The Morgan fingerprint density at radius 1 is 1.21 bits per heavy atom. The lowest BCUT2D eigenvalue weighted by atomic mass is 9.88. The molecule has 170 valence electrons. The third kappa shape index (κ3) is 3.72. The molecule has 3 aromatic heterocycles. The number of rotatable bonds is 3. The lowest BCUT2D eigenvalue weighted by molar-refractivity contribution is -0.274. The molecular weight excluding hydrogens is 437 g/mol. The van der Waals surface area contributed by atoms with Crippen LogP contribution in [0.3, 0.4) is 0 Å². The summed E-state index contributed by atoms with van der Waals surface area (Å²) in [5, 5.41) is 9.75. The highest BCUT2D eigenvalue weighted by Crippen LogP contribution is 2.41. The van der Waals surface area contributed by atoms with Crippen molar-refractivity contribution in [1.29, 1.82) is 5.26 Å². The number of ether oxygens (including phenoxy) is 1. The molecule has 0 spiro atoms. The molecule has 0 amide bonds. The van der Waals surface area contributed by atoms with Crippen molar-refractivity contribution in [2.24, 2.45) is 0 Å². The molecule has 4 heterocycles. The molecule has 0 saturated carbocycles. The number of benzene rings is 1. The lowest BCUT2D eigenvalue weighted by Crippen LogP contribution is -2.29. The number of halogens is 3. The van der Waals surface area contributed by atoms with Crippen LogP contribution in [0, 0.1) is 11.3 Å². The highest BCUT2D eigenvalue weighted by Gasteiger charge is 2.35. The summed E-state index contributed by atoms with van der Waals surface area (Å²) in [6.07, 6.45) is -0.625. The first-order valence-electron chi connectivity index (χ1n) is 10.4. The third-order valence-corrected chi connectivity index (χ3v) is 6.12. The molecule has 33 heavy (non-hydrogen) atoms. The SMILES string of the molecule is CN1CCC(c2ccc3[nH]c(-c4c(=O)[nH]cc5c(C#N)c[nH]c45)nc3c2OC(F)(F)F)CC1. The van der Waals surface area contributed by atoms with Crippen molar-refractivity contribution in [3.05, 3.63) is 46.0 Å². The molecule has 0 radical (unpaired) electrons. The maximum atomic E-state index is 13.4.